The molecule has 0 amide bonds. The van der Waals surface area contributed by atoms with Crippen LogP contribution in [-0.4, -0.2) is 23.7 Å². The minimum atomic E-state index is -0.907. The maximum atomic E-state index is 11.2. The first-order valence-corrected chi connectivity index (χ1v) is 7.22. The van der Waals surface area contributed by atoms with Gasteiger partial charge in [-0.25, -0.2) is 4.79 Å². The Bertz CT molecular complexity index is 445. The quantitative estimate of drug-likeness (QED) is 0.766. The lowest BCUT2D eigenvalue weighted by Crippen LogP contribution is -2.28. The highest BCUT2D eigenvalue weighted by Gasteiger charge is 2.21. The second-order valence-electron chi connectivity index (χ2n) is 5.05. The van der Waals surface area contributed by atoms with Crippen molar-refractivity contribution in [1.29, 1.82) is 0 Å². The van der Waals surface area contributed by atoms with Crippen LogP contribution in [0.5, 0.6) is 5.75 Å². The number of carbonyl (C=O) groups is 1. The smallest absolute Gasteiger partial charge is 0.344 e. The van der Waals surface area contributed by atoms with Crippen molar-refractivity contribution in [3.63, 3.8) is 0 Å². The maximum Gasteiger partial charge on any atom is 0.344 e. The van der Waals surface area contributed by atoms with Crippen molar-refractivity contribution >= 4 is 5.97 Å². The molecule has 0 aliphatic rings. The predicted molar refractivity (Wildman–Crippen MR) is 80.2 cm³/mol. The summed E-state index contributed by atoms with van der Waals surface area (Å²) in [5.41, 5.74) is 2.06. The van der Waals surface area contributed by atoms with E-state index < -0.39 is 12.1 Å². The van der Waals surface area contributed by atoms with Crippen molar-refractivity contribution in [1.82, 2.24) is 5.32 Å². The first-order valence-electron chi connectivity index (χ1n) is 7.22. The normalized spacial score (nSPS) is 13.8. The van der Waals surface area contributed by atoms with Gasteiger partial charge in [-0.15, -0.1) is 0 Å². The van der Waals surface area contributed by atoms with Gasteiger partial charge in [0.1, 0.15) is 5.75 Å². The Morgan fingerprint density at radius 3 is 2.65 bits per heavy atom. The van der Waals surface area contributed by atoms with Crippen LogP contribution in [0.25, 0.3) is 0 Å². The molecule has 0 fully saturated rings. The molecule has 0 bridgehead atoms. The molecule has 0 saturated heterocycles. The van der Waals surface area contributed by atoms with Crippen LogP contribution in [0.15, 0.2) is 18.2 Å². The van der Waals surface area contributed by atoms with E-state index in [1.807, 2.05) is 39.0 Å². The topological polar surface area (TPSA) is 58.6 Å². The van der Waals surface area contributed by atoms with Gasteiger partial charge in [0.25, 0.3) is 0 Å². The van der Waals surface area contributed by atoms with Crippen LogP contribution in [0, 0.1) is 6.92 Å². The van der Waals surface area contributed by atoms with E-state index in [4.69, 9.17) is 4.74 Å². The van der Waals surface area contributed by atoms with Crippen molar-refractivity contribution in [2.45, 2.75) is 52.7 Å². The fraction of sp³-hybridized carbons (Fsp3) is 0.562. The van der Waals surface area contributed by atoms with E-state index in [0.717, 1.165) is 24.1 Å². The molecule has 0 aliphatic carbocycles. The third kappa shape index (κ3) is 4.53. The molecule has 2 atom stereocenters. The average Bonchev–Trinajstić information content (AvgIpc) is 2.38. The summed E-state index contributed by atoms with van der Waals surface area (Å²) in [4.78, 5) is 11.2. The summed E-state index contributed by atoms with van der Waals surface area (Å²) in [6.07, 6.45) is 0.508. The van der Waals surface area contributed by atoms with Crippen LogP contribution >= 0.6 is 0 Å². The third-order valence-electron chi connectivity index (χ3n) is 3.24. The molecule has 0 saturated carbocycles. The van der Waals surface area contributed by atoms with E-state index in [0.29, 0.717) is 12.2 Å². The Balaban J connectivity index is 3.01. The van der Waals surface area contributed by atoms with Gasteiger partial charge in [0, 0.05) is 11.6 Å². The van der Waals surface area contributed by atoms with Crippen molar-refractivity contribution in [3.05, 3.63) is 29.3 Å². The Labute approximate surface area is 121 Å². The number of hydrogen-bond acceptors (Lipinski definition) is 3. The summed E-state index contributed by atoms with van der Waals surface area (Å²) in [5.74, 6) is -0.241. The van der Waals surface area contributed by atoms with Crippen molar-refractivity contribution in [2.24, 2.45) is 0 Å². The van der Waals surface area contributed by atoms with Gasteiger partial charge < -0.3 is 15.2 Å². The number of aliphatic carboxylic acids is 1. The number of carboxylic acids is 1. The van der Waals surface area contributed by atoms with Crippen molar-refractivity contribution in [3.8, 4) is 5.75 Å². The zero-order valence-electron chi connectivity index (χ0n) is 12.8. The number of carboxylic acid groups (broad SMARTS) is 1. The van der Waals surface area contributed by atoms with Gasteiger partial charge in [0.05, 0.1) is 0 Å². The molecule has 20 heavy (non-hydrogen) atoms. The highest BCUT2D eigenvalue weighted by molar-refractivity contribution is 5.72. The summed E-state index contributed by atoms with van der Waals surface area (Å²) in [5, 5.41) is 12.6. The highest BCUT2D eigenvalue weighted by Crippen LogP contribution is 2.28. The minimum absolute atomic E-state index is 0.131. The van der Waals surface area contributed by atoms with Gasteiger partial charge >= 0.3 is 5.97 Å². The summed E-state index contributed by atoms with van der Waals surface area (Å²) < 4.78 is 5.76. The summed E-state index contributed by atoms with van der Waals surface area (Å²) in [6.45, 7) is 8.88. The Kier molecular flexibility index (Phi) is 6.52. The van der Waals surface area contributed by atoms with Crippen molar-refractivity contribution in [2.75, 3.05) is 6.54 Å². The predicted octanol–water partition coefficient (Wildman–Crippen LogP) is 3.30. The Morgan fingerprint density at radius 2 is 2.10 bits per heavy atom. The largest absolute Gasteiger partial charge is 0.479 e. The zero-order valence-corrected chi connectivity index (χ0v) is 12.8. The molecule has 2 N–H and O–H groups in total. The molecule has 1 aromatic rings. The van der Waals surface area contributed by atoms with E-state index in [1.54, 1.807) is 0 Å². The number of benzene rings is 1. The van der Waals surface area contributed by atoms with Crippen molar-refractivity contribution < 1.29 is 14.6 Å². The fourth-order valence-corrected chi connectivity index (χ4v) is 2.17. The molecule has 0 aliphatic heterocycles. The van der Waals surface area contributed by atoms with Gasteiger partial charge in [0.2, 0.25) is 0 Å². The first-order chi connectivity index (χ1) is 9.49. The molecule has 2 unspecified atom stereocenters. The van der Waals surface area contributed by atoms with Crippen LogP contribution in [0.1, 0.15) is 50.8 Å². The lowest BCUT2D eigenvalue weighted by atomic mass is 10.0. The maximum absolute atomic E-state index is 11.2. The lowest BCUT2D eigenvalue weighted by molar-refractivity contribution is -0.145. The number of aryl methyl sites for hydroxylation is 1. The Morgan fingerprint density at radius 1 is 1.40 bits per heavy atom. The van der Waals surface area contributed by atoms with E-state index in [1.165, 1.54) is 0 Å². The molecule has 0 spiro atoms. The van der Waals surface area contributed by atoms with Gasteiger partial charge in [-0.3, -0.25) is 0 Å². The zero-order chi connectivity index (χ0) is 15.1. The van der Waals surface area contributed by atoms with E-state index in [9.17, 15) is 9.90 Å². The second kappa shape index (κ2) is 7.90. The van der Waals surface area contributed by atoms with E-state index in [2.05, 4.69) is 12.2 Å². The molecule has 0 radical (unpaired) electrons. The molecule has 1 aromatic carbocycles. The minimum Gasteiger partial charge on any atom is -0.479 e. The molecule has 4 nitrogen and oxygen atoms in total. The molecular weight excluding hydrogens is 254 g/mol. The van der Waals surface area contributed by atoms with Gasteiger partial charge in [-0.05, 0) is 38.4 Å². The Hall–Kier alpha value is -1.55. The van der Waals surface area contributed by atoms with Crippen LogP contribution in [0.3, 0.4) is 0 Å². The van der Waals surface area contributed by atoms with E-state index >= 15 is 0 Å². The monoisotopic (exact) mass is 279 g/mol. The van der Waals surface area contributed by atoms with E-state index in [-0.39, 0.29) is 6.04 Å². The fourth-order valence-electron chi connectivity index (χ4n) is 2.17. The average molecular weight is 279 g/mol. The standard InChI is InChI=1S/C16H25NO3/c1-5-7-14(16(18)19)20-15-10-11(3)8-9-13(15)12(4)17-6-2/h8-10,12,14,17H,5-7H2,1-4H3,(H,18,19). The van der Waals surface area contributed by atoms with Gasteiger partial charge in [-0.2, -0.15) is 0 Å². The van der Waals surface area contributed by atoms with Crippen LogP contribution in [-0.2, 0) is 4.79 Å². The lowest BCUT2D eigenvalue weighted by Gasteiger charge is -2.21. The molecule has 0 aromatic heterocycles. The number of nitrogens with one attached hydrogen (secondary N) is 1. The number of hydrogen-bond donors (Lipinski definition) is 2. The van der Waals surface area contributed by atoms with Crippen LogP contribution < -0.4 is 10.1 Å². The molecule has 112 valence electrons. The highest BCUT2D eigenvalue weighted by atomic mass is 16.5. The third-order valence-corrected chi connectivity index (χ3v) is 3.24. The van der Waals surface area contributed by atoms with Crippen LogP contribution in [0.2, 0.25) is 0 Å². The summed E-state index contributed by atoms with van der Waals surface area (Å²) in [7, 11) is 0. The summed E-state index contributed by atoms with van der Waals surface area (Å²) >= 11 is 0. The molecule has 4 heteroatoms. The number of rotatable bonds is 8. The second-order valence-corrected chi connectivity index (χ2v) is 5.05. The summed E-state index contributed by atoms with van der Waals surface area (Å²) in [6, 6.07) is 6.06. The van der Waals surface area contributed by atoms with Gasteiger partial charge in [0.15, 0.2) is 6.10 Å². The number of ether oxygens (including phenoxy) is 1. The molecule has 1 rings (SSSR count). The van der Waals surface area contributed by atoms with Gasteiger partial charge in [-0.1, -0.05) is 32.4 Å². The van der Waals surface area contributed by atoms with Crippen LogP contribution in [0.4, 0.5) is 0 Å². The SMILES string of the molecule is CCCC(Oc1cc(C)ccc1C(C)NCC)C(=O)O. The first kappa shape index (κ1) is 16.5. The molecule has 0 heterocycles. The molecular formula is C16H25NO3.